The van der Waals surface area contributed by atoms with Crippen LogP contribution in [0.5, 0.6) is 5.75 Å². The van der Waals surface area contributed by atoms with E-state index in [0.29, 0.717) is 17.7 Å². The number of alkyl halides is 6. The molecular formula is C19H17F6NO4. The van der Waals surface area contributed by atoms with Gasteiger partial charge in [-0.05, 0) is 30.7 Å². The number of aliphatic hydroxyl groups is 1. The van der Waals surface area contributed by atoms with E-state index in [9.17, 15) is 36.2 Å². The minimum Gasteiger partial charge on any atom is -0.463 e. The smallest absolute Gasteiger partial charge is 0.416 e. The van der Waals surface area contributed by atoms with Crippen LogP contribution < -0.4 is 10.1 Å². The molecule has 2 unspecified atom stereocenters. The van der Waals surface area contributed by atoms with Gasteiger partial charge in [0.15, 0.2) is 0 Å². The number of carbonyl (C=O) groups excluding carboxylic acids is 1. The van der Waals surface area contributed by atoms with Gasteiger partial charge < -0.3 is 19.9 Å². The van der Waals surface area contributed by atoms with Gasteiger partial charge in [-0.1, -0.05) is 30.3 Å². The molecule has 2 aromatic carbocycles. The monoisotopic (exact) mass is 437 g/mol. The Bertz CT molecular complexity index is 822. The summed E-state index contributed by atoms with van der Waals surface area (Å²) in [6.45, 7) is 1.14. The van der Waals surface area contributed by atoms with Crippen molar-refractivity contribution in [3.63, 3.8) is 0 Å². The van der Waals surface area contributed by atoms with E-state index < -0.39 is 47.7 Å². The molecule has 0 aliphatic heterocycles. The number of halogens is 6. The first-order chi connectivity index (χ1) is 13.9. The second-order valence-corrected chi connectivity index (χ2v) is 6.24. The molecular weight excluding hydrogens is 420 g/mol. The van der Waals surface area contributed by atoms with Gasteiger partial charge in [-0.25, -0.2) is 4.79 Å². The van der Waals surface area contributed by atoms with E-state index >= 15 is 0 Å². The first kappa shape index (κ1) is 23.3. The number of benzene rings is 2. The van der Waals surface area contributed by atoms with E-state index in [4.69, 9.17) is 9.47 Å². The van der Waals surface area contributed by atoms with Gasteiger partial charge in [-0.3, -0.25) is 0 Å². The Labute approximate surface area is 167 Å². The van der Waals surface area contributed by atoms with Crippen LogP contribution >= 0.6 is 0 Å². The highest BCUT2D eigenvalue weighted by Crippen LogP contribution is 2.38. The van der Waals surface area contributed by atoms with Gasteiger partial charge in [0.25, 0.3) is 0 Å². The molecule has 0 saturated heterocycles. The van der Waals surface area contributed by atoms with Crippen LogP contribution in [0.3, 0.4) is 0 Å². The number of amides is 1. The van der Waals surface area contributed by atoms with Gasteiger partial charge in [-0.15, -0.1) is 0 Å². The Kier molecular flexibility index (Phi) is 7.19. The van der Waals surface area contributed by atoms with Crippen molar-refractivity contribution in [3.8, 4) is 5.75 Å². The Balaban J connectivity index is 2.03. The molecule has 1 amide bonds. The normalized spacial score (nSPS) is 14.0. The number of rotatable bonds is 6. The Morgan fingerprint density at radius 3 is 2.03 bits per heavy atom. The van der Waals surface area contributed by atoms with Gasteiger partial charge in [0.1, 0.15) is 12.4 Å². The lowest BCUT2D eigenvalue weighted by Gasteiger charge is -2.22. The Morgan fingerprint density at radius 2 is 1.53 bits per heavy atom. The molecule has 2 atom stereocenters. The average Bonchev–Trinajstić information content (AvgIpc) is 2.65. The number of carbonyl (C=O) groups is 1. The SMILES string of the molecule is CC(NC(=O)OCc1ccccc1)C(O)Oc1cc(C(F)(F)F)cc(C(F)(F)F)c1. The van der Waals surface area contributed by atoms with Gasteiger partial charge in [0.05, 0.1) is 17.2 Å². The van der Waals surface area contributed by atoms with Crippen LogP contribution in [0.25, 0.3) is 0 Å². The summed E-state index contributed by atoms with van der Waals surface area (Å²) in [5.74, 6) is -0.865. The van der Waals surface area contributed by atoms with E-state index in [0.717, 1.165) is 0 Å². The first-order valence-electron chi connectivity index (χ1n) is 8.47. The first-order valence-corrected chi connectivity index (χ1v) is 8.47. The van der Waals surface area contributed by atoms with Crippen molar-refractivity contribution in [3.05, 3.63) is 65.2 Å². The third-order valence-corrected chi connectivity index (χ3v) is 3.80. The van der Waals surface area contributed by atoms with Crippen molar-refractivity contribution in [2.75, 3.05) is 0 Å². The summed E-state index contributed by atoms with van der Waals surface area (Å²) in [6.07, 6.45) is -13.0. The van der Waals surface area contributed by atoms with Gasteiger partial charge in [0.2, 0.25) is 6.29 Å². The predicted octanol–water partition coefficient (Wildman–Crippen LogP) is 4.74. The third kappa shape index (κ3) is 6.83. The molecule has 0 heterocycles. The summed E-state index contributed by atoms with van der Waals surface area (Å²) in [4.78, 5) is 11.8. The maximum atomic E-state index is 12.9. The minimum absolute atomic E-state index is 0.0676. The molecule has 0 radical (unpaired) electrons. The fourth-order valence-corrected chi connectivity index (χ4v) is 2.26. The lowest BCUT2D eigenvalue weighted by Crippen LogP contribution is -2.44. The molecule has 0 aliphatic carbocycles. The highest BCUT2D eigenvalue weighted by atomic mass is 19.4. The van der Waals surface area contributed by atoms with Crippen molar-refractivity contribution >= 4 is 6.09 Å². The van der Waals surface area contributed by atoms with Crippen LogP contribution in [0.15, 0.2) is 48.5 Å². The maximum Gasteiger partial charge on any atom is 0.416 e. The van der Waals surface area contributed by atoms with Gasteiger partial charge in [-0.2, -0.15) is 26.3 Å². The van der Waals surface area contributed by atoms with Crippen LogP contribution in [-0.2, 0) is 23.7 Å². The standard InChI is InChI=1S/C19H17F6NO4/c1-11(26-17(28)29-10-12-5-3-2-4-6-12)16(27)30-15-8-13(18(20,21)22)7-14(9-15)19(23,24)25/h2-9,11,16,27H,10H2,1H3,(H,26,28). The van der Waals surface area contributed by atoms with Crippen molar-refractivity contribution < 1.29 is 45.7 Å². The predicted molar refractivity (Wildman–Crippen MR) is 92.3 cm³/mol. The molecule has 30 heavy (non-hydrogen) atoms. The summed E-state index contributed by atoms with van der Waals surface area (Å²) in [5.41, 5.74) is -2.51. The summed E-state index contributed by atoms with van der Waals surface area (Å²) in [7, 11) is 0. The van der Waals surface area contributed by atoms with E-state index in [1.165, 1.54) is 6.92 Å². The number of alkyl carbamates (subject to hydrolysis) is 1. The molecule has 0 spiro atoms. The number of nitrogens with one attached hydrogen (secondary N) is 1. The van der Waals surface area contributed by atoms with Crippen LogP contribution in [0.1, 0.15) is 23.6 Å². The number of hydrogen-bond donors (Lipinski definition) is 2. The van der Waals surface area contributed by atoms with Crippen LogP contribution in [0, 0.1) is 0 Å². The molecule has 0 fully saturated rings. The van der Waals surface area contributed by atoms with Crippen molar-refractivity contribution in [1.29, 1.82) is 0 Å². The topological polar surface area (TPSA) is 67.8 Å². The van der Waals surface area contributed by atoms with E-state index in [2.05, 4.69) is 5.32 Å². The molecule has 5 nitrogen and oxygen atoms in total. The molecule has 0 aliphatic rings. The molecule has 11 heteroatoms. The molecule has 0 bridgehead atoms. The molecule has 164 valence electrons. The van der Waals surface area contributed by atoms with E-state index in [-0.39, 0.29) is 12.7 Å². The molecule has 0 saturated carbocycles. The number of hydrogen-bond acceptors (Lipinski definition) is 4. The fraction of sp³-hybridized carbons (Fsp3) is 0.316. The Morgan fingerprint density at radius 1 is 1.00 bits per heavy atom. The summed E-state index contributed by atoms with van der Waals surface area (Å²) in [5, 5.41) is 12.1. The third-order valence-electron chi connectivity index (χ3n) is 3.80. The van der Waals surface area contributed by atoms with E-state index in [1.54, 1.807) is 30.3 Å². The van der Waals surface area contributed by atoms with Crippen LogP contribution in [-0.4, -0.2) is 23.5 Å². The second kappa shape index (κ2) is 9.24. The molecule has 2 aromatic rings. The van der Waals surface area contributed by atoms with Gasteiger partial charge >= 0.3 is 18.4 Å². The zero-order valence-corrected chi connectivity index (χ0v) is 15.4. The summed E-state index contributed by atoms with van der Waals surface area (Å²) in [6, 6.07) is 7.96. The number of aliphatic hydroxyl groups excluding tert-OH is 1. The average molecular weight is 437 g/mol. The van der Waals surface area contributed by atoms with Crippen LogP contribution in [0.4, 0.5) is 31.1 Å². The minimum atomic E-state index is -5.06. The molecule has 0 aromatic heterocycles. The van der Waals surface area contributed by atoms with Crippen molar-refractivity contribution in [2.45, 2.75) is 38.2 Å². The molecule has 2 N–H and O–H groups in total. The number of ether oxygens (including phenoxy) is 2. The Hall–Kier alpha value is -2.95. The van der Waals surface area contributed by atoms with Gasteiger partial charge in [0, 0.05) is 0 Å². The van der Waals surface area contributed by atoms with Crippen LogP contribution in [0.2, 0.25) is 0 Å². The van der Waals surface area contributed by atoms with Crippen molar-refractivity contribution in [1.82, 2.24) is 5.32 Å². The zero-order chi connectivity index (χ0) is 22.5. The van der Waals surface area contributed by atoms with Crippen molar-refractivity contribution in [2.24, 2.45) is 0 Å². The highest BCUT2D eigenvalue weighted by Gasteiger charge is 2.37. The highest BCUT2D eigenvalue weighted by molar-refractivity contribution is 5.67. The zero-order valence-electron chi connectivity index (χ0n) is 15.4. The lowest BCUT2D eigenvalue weighted by molar-refractivity contribution is -0.143. The molecule has 2 rings (SSSR count). The second-order valence-electron chi connectivity index (χ2n) is 6.24. The summed E-state index contributed by atoms with van der Waals surface area (Å²) >= 11 is 0. The lowest BCUT2D eigenvalue weighted by atomic mass is 10.1. The largest absolute Gasteiger partial charge is 0.463 e. The quantitative estimate of drug-likeness (QED) is 0.506. The van der Waals surface area contributed by atoms with E-state index in [1.807, 2.05) is 0 Å². The fourth-order valence-electron chi connectivity index (χ4n) is 2.26. The summed E-state index contributed by atoms with van der Waals surface area (Å²) < 4.78 is 86.9. The maximum absolute atomic E-state index is 12.9.